The van der Waals surface area contributed by atoms with Gasteiger partial charge in [-0.3, -0.25) is 4.79 Å². The van der Waals surface area contributed by atoms with Crippen LogP contribution in [-0.2, 0) is 24.3 Å². The van der Waals surface area contributed by atoms with Crippen LogP contribution in [0, 0.1) is 0 Å². The molecule has 1 aromatic heterocycles. The average molecular weight is 340 g/mol. The molecule has 1 amide bonds. The monoisotopic (exact) mass is 340 g/mol. The van der Waals surface area contributed by atoms with E-state index in [1.54, 1.807) is 11.1 Å². The summed E-state index contributed by atoms with van der Waals surface area (Å²) in [5.41, 5.74) is 8.18. The fraction of sp³-hybridized carbons (Fsp3) is 0.389. The Labute approximate surface area is 145 Å². The first-order chi connectivity index (χ1) is 11.9. The Bertz CT molecular complexity index is 850. The molecule has 0 fully saturated rings. The Morgan fingerprint density at radius 3 is 3.04 bits per heavy atom. The molecule has 0 saturated heterocycles. The van der Waals surface area contributed by atoms with Crippen molar-refractivity contribution < 1.29 is 14.3 Å². The van der Waals surface area contributed by atoms with Crippen LogP contribution in [0.5, 0.6) is 11.5 Å². The minimum absolute atomic E-state index is 0.0445. The molecule has 0 radical (unpaired) electrons. The molecule has 0 atom stereocenters. The minimum atomic E-state index is -0.249. The molecule has 1 aromatic carbocycles. The number of aromatic nitrogens is 2. The molecule has 0 unspecified atom stereocenters. The van der Waals surface area contributed by atoms with E-state index in [1.807, 2.05) is 32.0 Å². The van der Waals surface area contributed by atoms with Gasteiger partial charge in [-0.2, -0.15) is 0 Å². The van der Waals surface area contributed by atoms with Crippen molar-refractivity contribution in [1.29, 1.82) is 0 Å². The van der Waals surface area contributed by atoms with Crippen LogP contribution in [0.15, 0.2) is 24.4 Å². The number of amides is 1. The van der Waals surface area contributed by atoms with Crippen LogP contribution in [0.1, 0.15) is 30.7 Å². The first-order valence-electron chi connectivity index (χ1n) is 8.23. The highest BCUT2D eigenvalue weighted by Gasteiger charge is 2.32. The number of nitrogens with two attached hydrogens (primary N) is 1. The van der Waals surface area contributed by atoms with Crippen molar-refractivity contribution in [1.82, 2.24) is 14.9 Å². The van der Waals surface area contributed by atoms with Gasteiger partial charge in [-0.05, 0) is 19.9 Å². The number of anilines is 1. The second-order valence-electron chi connectivity index (χ2n) is 7.02. The van der Waals surface area contributed by atoms with Crippen molar-refractivity contribution in [2.24, 2.45) is 0 Å². The molecule has 4 rings (SSSR count). The van der Waals surface area contributed by atoms with Crippen molar-refractivity contribution in [3.63, 3.8) is 0 Å². The van der Waals surface area contributed by atoms with Crippen LogP contribution in [0.4, 0.5) is 5.95 Å². The number of carbonyl (C=O) groups is 1. The quantitative estimate of drug-likeness (QED) is 0.914. The molecule has 130 valence electrons. The van der Waals surface area contributed by atoms with Crippen LogP contribution in [0.3, 0.4) is 0 Å². The molecule has 3 heterocycles. The Morgan fingerprint density at radius 1 is 1.36 bits per heavy atom. The van der Waals surface area contributed by atoms with Gasteiger partial charge >= 0.3 is 0 Å². The van der Waals surface area contributed by atoms with Gasteiger partial charge in [0.05, 0.1) is 12.2 Å². The molecule has 2 aliphatic rings. The zero-order chi connectivity index (χ0) is 17.6. The second-order valence-corrected chi connectivity index (χ2v) is 7.02. The number of rotatable bonds is 3. The van der Waals surface area contributed by atoms with Gasteiger partial charge in [-0.25, -0.2) is 9.97 Å². The maximum Gasteiger partial charge on any atom is 0.261 e. The maximum absolute atomic E-state index is 12.5. The Hall–Kier alpha value is -2.83. The summed E-state index contributed by atoms with van der Waals surface area (Å²) in [4.78, 5) is 22.3. The fourth-order valence-corrected chi connectivity index (χ4v) is 3.28. The highest BCUT2D eigenvalue weighted by Crippen LogP contribution is 2.41. The lowest BCUT2D eigenvalue weighted by atomic mass is 10.0. The average Bonchev–Trinajstić information content (AvgIpc) is 3.11. The molecular weight excluding hydrogens is 320 g/mol. The van der Waals surface area contributed by atoms with Gasteiger partial charge in [-0.15, -0.1) is 0 Å². The van der Waals surface area contributed by atoms with Gasteiger partial charge in [0.1, 0.15) is 5.60 Å². The highest BCUT2D eigenvalue weighted by molar-refractivity contribution is 5.78. The highest BCUT2D eigenvalue weighted by atomic mass is 16.5. The smallest absolute Gasteiger partial charge is 0.261 e. The first-order valence-corrected chi connectivity index (χ1v) is 8.23. The van der Waals surface area contributed by atoms with Crippen molar-refractivity contribution in [3.05, 3.63) is 41.2 Å². The summed E-state index contributed by atoms with van der Waals surface area (Å²) >= 11 is 0. The summed E-state index contributed by atoms with van der Waals surface area (Å²) in [5, 5.41) is 0. The number of nitrogens with zero attached hydrogens (tertiary/aromatic N) is 3. The first kappa shape index (κ1) is 15.7. The molecule has 0 saturated carbocycles. The molecule has 0 spiro atoms. The van der Waals surface area contributed by atoms with Gasteiger partial charge in [0.15, 0.2) is 18.1 Å². The molecule has 7 heteroatoms. The van der Waals surface area contributed by atoms with Crippen molar-refractivity contribution in [2.45, 2.75) is 39.0 Å². The topological polar surface area (TPSA) is 90.6 Å². The molecule has 0 bridgehead atoms. The number of fused-ring (bicyclic) bond motifs is 2. The van der Waals surface area contributed by atoms with Gasteiger partial charge in [0.25, 0.3) is 5.91 Å². The summed E-state index contributed by atoms with van der Waals surface area (Å²) in [5.74, 6) is 1.47. The number of carbonyl (C=O) groups excluding carboxylic acids is 1. The standard InChI is InChI=1S/C18H20N4O3/c1-18(2)6-11-4-3-5-14(16(11)25-18)24-10-15(23)22-8-12-7-20-17(19)21-13(12)9-22/h3-5,7H,6,8-10H2,1-2H3,(H2,19,20,21). The van der Waals surface area contributed by atoms with Gasteiger partial charge in [0.2, 0.25) is 5.95 Å². The summed E-state index contributed by atoms with van der Waals surface area (Å²) in [7, 11) is 0. The number of benzene rings is 1. The van der Waals surface area contributed by atoms with Crippen LogP contribution in [0.2, 0.25) is 0 Å². The molecule has 2 aliphatic heterocycles. The zero-order valence-electron chi connectivity index (χ0n) is 14.3. The number of para-hydroxylation sites is 1. The summed E-state index contributed by atoms with van der Waals surface area (Å²) in [6, 6.07) is 5.78. The largest absolute Gasteiger partial charge is 0.483 e. The van der Waals surface area contributed by atoms with E-state index in [-0.39, 0.29) is 24.1 Å². The lowest BCUT2D eigenvalue weighted by molar-refractivity contribution is -0.134. The normalized spacial score (nSPS) is 17.0. The summed E-state index contributed by atoms with van der Waals surface area (Å²) in [6.07, 6.45) is 2.50. The zero-order valence-corrected chi connectivity index (χ0v) is 14.3. The minimum Gasteiger partial charge on any atom is -0.483 e. The third-order valence-electron chi connectivity index (χ3n) is 4.43. The van der Waals surface area contributed by atoms with Crippen molar-refractivity contribution in [2.75, 3.05) is 12.3 Å². The number of hydrogen-bond acceptors (Lipinski definition) is 6. The van der Waals surface area contributed by atoms with E-state index in [0.717, 1.165) is 29.0 Å². The van der Waals surface area contributed by atoms with Crippen LogP contribution < -0.4 is 15.2 Å². The second kappa shape index (κ2) is 5.61. The summed E-state index contributed by atoms with van der Waals surface area (Å²) < 4.78 is 11.7. The van der Waals surface area contributed by atoms with E-state index >= 15 is 0 Å². The maximum atomic E-state index is 12.5. The van der Waals surface area contributed by atoms with E-state index in [0.29, 0.717) is 18.8 Å². The van der Waals surface area contributed by atoms with Crippen LogP contribution >= 0.6 is 0 Å². The molecule has 0 aliphatic carbocycles. The molecule has 25 heavy (non-hydrogen) atoms. The lowest BCUT2D eigenvalue weighted by Crippen LogP contribution is -2.30. The predicted octanol–water partition coefficient (Wildman–Crippen LogP) is 1.69. The van der Waals surface area contributed by atoms with Gasteiger partial charge in [0, 0.05) is 30.3 Å². The molecule has 7 nitrogen and oxygen atoms in total. The Balaban J connectivity index is 1.42. The van der Waals surface area contributed by atoms with Gasteiger partial charge in [-0.1, -0.05) is 12.1 Å². The Kier molecular flexibility index (Phi) is 3.52. The lowest BCUT2D eigenvalue weighted by Gasteiger charge is -2.19. The van der Waals surface area contributed by atoms with E-state index in [9.17, 15) is 4.79 Å². The van der Waals surface area contributed by atoms with E-state index in [1.165, 1.54) is 0 Å². The van der Waals surface area contributed by atoms with Gasteiger partial charge < -0.3 is 20.1 Å². The Morgan fingerprint density at radius 2 is 2.20 bits per heavy atom. The molecule has 2 N–H and O–H groups in total. The van der Waals surface area contributed by atoms with Crippen molar-refractivity contribution in [3.8, 4) is 11.5 Å². The SMILES string of the molecule is CC1(C)Cc2cccc(OCC(=O)N3Cc4cnc(N)nc4C3)c2O1. The van der Waals surface area contributed by atoms with Crippen LogP contribution in [-0.4, -0.2) is 33.0 Å². The number of nitrogen functional groups attached to an aromatic ring is 1. The van der Waals surface area contributed by atoms with E-state index in [4.69, 9.17) is 15.2 Å². The molecule has 2 aromatic rings. The number of hydrogen-bond donors (Lipinski definition) is 1. The third kappa shape index (κ3) is 2.97. The summed E-state index contributed by atoms with van der Waals surface area (Å²) in [6.45, 7) is 4.94. The number of ether oxygens (including phenoxy) is 2. The van der Waals surface area contributed by atoms with E-state index in [2.05, 4.69) is 9.97 Å². The van der Waals surface area contributed by atoms with Crippen molar-refractivity contribution >= 4 is 11.9 Å². The van der Waals surface area contributed by atoms with Crippen LogP contribution in [0.25, 0.3) is 0 Å². The van der Waals surface area contributed by atoms with E-state index < -0.39 is 0 Å². The third-order valence-corrected chi connectivity index (χ3v) is 4.43. The fourth-order valence-electron chi connectivity index (χ4n) is 3.28. The predicted molar refractivity (Wildman–Crippen MR) is 91.0 cm³/mol. The molecular formula is C18H20N4O3.